The van der Waals surface area contributed by atoms with E-state index in [1.165, 1.54) is 0 Å². The van der Waals surface area contributed by atoms with Crippen molar-refractivity contribution in [2.75, 3.05) is 6.54 Å². The first-order valence-corrected chi connectivity index (χ1v) is 3.76. The normalized spacial score (nSPS) is 25.9. The summed E-state index contributed by atoms with van der Waals surface area (Å²) >= 11 is 8.40. The highest BCUT2D eigenvalue weighted by Crippen LogP contribution is 2.19. The van der Waals surface area contributed by atoms with Crippen LogP contribution >= 0.6 is 25.4 Å². The van der Waals surface area contributed by atoms with Gasteiger partial charge in [0.1, 0.15) is 0 Å². The van der Waals surface area contributed by atoms with Crippen LogP contribution in [0.25, 0.3) is 0 Å². The number of nitrogens with zero attached hydrogens (tertiary/aromatic N) is 2. The molecule has 0 saturated carbocycles. The van der Waals surface area contributed by atoms with E-state index in [0.717, 1.165) is 6.54 Å². The van der Waals surface area contributed by atoms with Crippen LogP contribution in [0.15, 0.2) is 12.4 Å². The van der Waals surface area contributed by atoms with Gasteiger partial charge in [-0.25, -0.2) is 0 Å². The summed E-state index contributed by atoms with van der Waals surface area (Å²) in [5.41, 5.74) is 0.110. The highest BCUT2D eigenvalue weighted by atomic mass is 32.1. The molecule has 0 spiro atoms. The van der Waals surface area contributed by atoms with Crippen LogP contribution in [0, 0.1) is 0 Å². The van der Waals surface area contributed by atoms with Crippen molar-refractivity contribution in [3.05, 3.63) is 12.4 Å². The fourth-order valence-corrected chi connectivity index (χ4v) is 1.24. The molecule has 0 saturated heterocycles. The van der Waals surface area contributed by atoms with E-state index in [1.807, 2.05) is 12.4 Å². The quantitative estimate of drug-likeness (QED) is 0.559. The van der Waals surface area contributed by atoms with Crippen molar-refractivity contribution in [3.8, 4) is 0 Å². The van der Waals surface area contributed by atoms with Gasteiger partial charge in [0.05, 0.1) is 0 Å². The first-order valence-electron chi connectivity index (χ1n) is 2.85. The van der Waals surface area contributed by atoms with E-state index in [9.17, 15) is 0 Å². The van der Waals surface area contributed by atoms with Crippen LogP contribution in [-0.2, 0) is 0 Å². The molecule has 1 aliphatic heterocycles. The number of hydrogen-bond acceptors (Lipinski definition) is 4. The Bertz CT molecular complexity index is 126. The number of hydrogen-bond donors (Lipinski definition) is 2. The monoisotopic (exact) mass is 162 g/mol. The van der Waals surface area contributed by atoms with Gasteiger partial charge in [-0.05, 0) is 6.92 Å². The van der Waals surface area contributed by atoms with Crippen molar-refractivity contribution in [1.29, 1.82) is 0 Å². The van der Waals surface area contributed by atoms with Crippen molar-refractivity contribution in [2.24, 2.45) is 0 Å². The van der Waals surface area contributed by atoms with Gasteiger partial charge in [0.15, 0.2) is 5.50 Å². The Kier molecular flexibility index (Phi) is 2.18. The largest absolute Gasteiger partial charge is 0.347 e. The Morgan fingerprint density at radius 2 is 2.22 bits per heavy atom. The van der Waals surface area contributed by atoms with E-state index in [1.54, 1.807) is 4.31 Å². The van der Waals surface area contributed by atoms with Crippen molar-refractivity contribution in [3.63, 3.8) is 0 Å². The van der Waals surface area contributed by atoms with E-state index < -0.39 is 0 Å². The molecule has 1 rings (SSSR count). The minimum atomic E-state index is 0.110. The molecule has 4 heteroatoms. The molecule has 0 amide bonds. The lowest BCUT2D eigenvalue weighted by atomic mass is 10.6. The van der Waals surface area contributed by atoms with Crippen LogP contribution < -0.4 is 0 Å². The number of rotatable bonds is 1. The fourth-order valence-electron chi connectivity index (χ4n) is 0.729. The molecular formula is C5H10N2S2. The third-order valence-corrected chi connectivity index (χ3v) is 2.39. The molecule has 9 heavy (non-hydrogen) atoms. The molecular weight excluding hydrogens is 152 g/mol. The summed E-state index contributed by atoms with van der Waals surface area (Å²) in [7, 11) is 0. The lowest BCUT2D eigenvalue weighted by molar-refractivity contribution is 0.331. The van der Waals surface area contributed by atoms with Crippen LogP contribution in [-0.4, -0.2) is 21.2 Å². The van der Waals surface area contributed by atoms with Crippen LogP contribution in [0.1, 0.15) is 6.92 Å². The van der Waals surface area contributed by atoms with Crippen LogP contribution in [0.4, 0.5) is 0 Å². The second-order valence-corrected chi connectivity index (χ2v) is 2.78. The fraction of sp³-hybridized carbons (Fsp3) is 0.600. The summed E-state index contributed by atoms with van der Waals surface area (Å²) in [6.07, 6.45) is 3.87. The molecule has 2 nitrogen and oxygen atoms in total. The molecule has 0 bridgehead atoms. The van der Waals surface area contributed by atoms with Gasteiger partial charge in [0.25, 0.3) is 0 Å². The summed E-state index contributed by atoms with van der Waals surface area (Å²) in [6, 6.07) is 0. The van der Waals surface area contributed by atoms with Crippen molar-refractivity contribution in [2.45, 2.75) is 12.4 Å². The maximum atomic E-state index is 4.28. The minimum Gasteiger partial charge on any atom is -0.347 e. The molecule has 0 N–H and O–H groups in total. The van der Waals surface area contributed by atoms with E-state index in [-0.39, 0.29) is 5.50 Å². The first kappa shape index (κ1) is 7.15. The Labute approximate surface area is 66.5 Å². The third kappa shape index (κ3) is 1.30. The van der Waals surface area contributed by atoms with E-state index in [2.05, 4.69) is 37.3 Å². The molecule has 1 aliphatic rings. The van der Waals surface area contributed by atoms with Crippen molar-refractivity contribution < 1.29 is 0 Å². The summed E-state index contributed by atoms with van der Waals surface area (Å²) in [5.74, 6) is 0. The zero-order valence-electron chi connectivity index (χ0n) is 5.23. The molecule has 1 heterocycles. The highest BCUT2D eigenvalue weighted by Gasteiger charge is 2.17. The van der Waals surface area contributed by atoms with Gasteiger partial charge >= 0.3 is 0 Å². The molecule has 0 aromatic heterocycles. The maximum Gasteiger partial charge on any atom is 0.156 e. The van der Waals surface area contributed by atoms with Gasteiger partial charge in [0, 0.05) is 18.9 Å². The predicted molar refractivity (Wildman–Crippen MR) is 45.1 cm³/mol. The molecule has 1 unspecified atom stereocenters. The second-order valence-electron chi connectivity index (χ2n) is 1.86. The lowest BCUT2D eigenvalue weighted by Crippen LogP contribution is -2.28. The van der Waals surface area contributed by atoms with Crippen molar-refractivity contribution in [1.82, 2.24) is 9.21 Å². The highest BCUT2D eigenvalue weighted by molar-refractivity contribution is 7.83. The molecule has 0 radical (unpaired) electrons. The summed E-state index contributed by atoms with van der Waals surface area (Å²) in [5, 5.41) is 0. The summed E-state index contributed by atoms with van der Waals surface area (Å²) < 4.78 is 1.76. The molecule has 0 aromatic rings. The standard InChI is InChI=1S/C5H10N2S2/c1-2-6-3-4-7(9)5(6)8/h3-5,8-9H,2H2,1H3. The van der Waals surface area contributed by atoms with Gasteiger partial charge in [-0.15, -0.1) is 12.6 Å². The molecule has 52 valence electrons. The Balaban J connectivity index is 2.51. The van der Waals surface area contributed by atoms with Crippen LogP contribution in [0.3, 0.4) is 0 Å². The zero-order chi connectivity index (χ0) is 6.85. The van der Waals surface area contributed by atoms with Crippen LogP contribution in [0.5, 0.6) is 0 Å². The van der Waals surface area contributed by atoms with Crippen molar-refractivity contribution >= 4 is 25.4 Å². The van der Waals surface area contributed by atoms with E-state index >= 15 is 0 Å². The Hall–Kier alpha value is 0.0400. The Morgan fingerprint density at radius 1 is 1.56 bits per heavy atom. The van der Waals surface area contributed by atoms with Crippen LogP contribution in [0.2, 0.25) is 0 Å². The summed E-state index contributed by atoms with van der Waals surface area (Å²) in [4.78, 5) is 2.08. The average Bonchev–Trinajstić information content (AvgIpc) is 2.15. The average molecular weight is 162 g/mol. The molecule has 1 atom stereocenters. The molecule has 0 fully saturated rings. The maximum absolute atomic E-state index is 4.28. The lowest BCUT2D eigenvalue weighted by Gasteiger charge is -2.23. The van der Waals surface area contributed by atoms with Gasteiger partial charge in [-0.1, -0.05) is 12.8 Å². The number of thiol groups is 2. The second kappa shape index (κ2) is 2.75. The van der Waals surface area contributed by atoms with Gasteiger partial charge < -0.3 is 4.90 Å². The zero-order valence-corrected chi connectivity index (χ0v) is 7.02. The first-order chi connectivity index (χ1) is 4.25. The summed E-state index contributed by atoms with van der Waals surface area (Å²) in [6.45, 7) is 3.06. The molecule has 0 aromatic carbocycles. The topological polar surface area (TPSA) is 6.48 Å². The van der Waals surface area contributed by atoms with Gasteiger partial charge in [0.2, 0.25) is 0 Å². The molecule has 0 aliphatic carbocycles. The Morgan fingerprint density at radius 3 is 2.44 bits per heavy atom. The van der Waals surface area contributed by atoms with E-state index in [4.69, 9.17) is 0 Å². The third-order valence-electron chi connectivity index (χ3n) is 1.31. The SMILES string of the molecule is CCN1C=CN(S)C1S. The van der Waals surface area contributed by atoms with Gasteiger partial charge in [-0.2, -0.15) is 0 Å². The predicted octanol–water partition coefficient (Wildman–Crippen LogP) is 1.15. The smallest absolute Gasteiger partial charge is 0.156 e. The van der Waals surface area contributed by atoms with Gasteiger partial charge in [-0.3, -0.25) is 4.31 Å². The van der Waals surface area contributed by atoms with E-state index in [0.29, 0.717) is 0 Å². The minimum absolute atomic E-state index is 0.110.